The van der Waals surface area contributed by atoms with Crippen LogP contribution in [0.2, 0.25) is 0 Å². The van der Waals surface area contributed by atoms with E-state index in [4.69, 9.17) is 4.74 Å². The fraction of sp³-hybridized carbons (Fsp3) is 0.412. The first-order chi connectivity index (χ1) is 10.2. The zero-order valence-corrected chi connectivity index (χ0v) is 12.1. The number of benzene rings is 1. The molecule has 112 valence electrons. The summed E-state index contributed by atoms with van der Waals surface area (Å²) >= 11 is 0. The number of rotatable bonds is 6. The Balaban J connectivity index is 2.01. The van der Waals surface area contributed by atoms with Gasteiger partial charge in [-0.05, 0) is 37.3 Å². The molecule has 1 aliphatic carbocycles. The van der Waals surface area contributed by atoms with Gasteiger partial charge in [0.15, 0.2) is 0 Å². The molecule has 0 spiro atoms. The Labute approximate surface area is 125 Å². The van der Waals surface area contributed by atoms with E-state index in [1.165, 1.54) is 6.08 Å². The van der Waals surface area contributed by atoms with Crippen LogP contribution in [-0.4, -0.2) is 24.0 Å². The third-order valence-electron chi connectivity index (χ3n) is 3.65. The minimum absolute atomic E-state index is 0.00333. The zero-order valence-electron chi connectivity index (χ0n) is 12.1. The molecule has 4 nitrogen and oxygen atoms in total. The van der Waals surface area contributed by atoms with E-state index < -0.39 is 6.04 Å². The molecule has 0 radical (unpaired) electrons. The molecular weight excluding hydrogens is 266 g/mol. The largest absolute Gasteiger partial charge is 0.461 e. The van der Waals surface area contributed by atoms with E-state index in [0.717, 1.165) is 31.2 Å². The van der Waals surface area contributed by atoms with Crippen molar-refractivity contribution in [3.63, 3.8) is 0 Å². The lowest BCUT2D eigenvalue weighted by molar-refractivity contribution is -0.152. The van der Waals surface area contributed by atoms with E-state index in [9.17, 15) is 9.59 Å². The van der Waals surface area contributed by atoms with Gasteiger partial charge in [-0.2, -0.15) is 0 Å². The van der Waals surface area contributed by atoms with Crippen molar-refractivity contribution in [1.82, 2.24) is 5.32 Å². The Kier molecular flexibility index (Phi) is 5.55. The molecule has 1 fully saturated rings. The second kappa shape index (κ2) is 7.62. The number of esters is 1. The minimum Gasteiger partial charge on any atom is -0.461 e. The number of hydrogen-bond acceptors (Lipinski definition) is 3. The Morgan fingerprint density at radius 1 is 1.29 bits per heavy atom. The van der Waals surface area contributed by atoms with Crippen LogP contribution in [0.5, 0.6) is 0 Å². The van der Waals surface area contributed by atoms with Gasteiger partial charge in [-0.25, -0.2) is 4.79 Å². The molecule has 2 rings (SSSR count). The van der Waals surface area contributed by atoms with Crippen molar-refractivity contribution in [2.75, 3.05) is 0 Å². The van der Waals surface area contributed by atoms with Gasteiger partial charge in [0.1, 0.15) is 12.1 Å². The lowest BCUT2D eigenvalue weighted by atomic mass is 10.1. The molecule has 1 aliphatic rings. The highest BCUT2D eigenvalue weighted by Crippen LogP contribution is 2.21. The van der Waals surface area contributed by atoms with Crippen LogP contribution in [0, 0.1) is 0 Å². The van der Waals surface area contributed by atoms with Crippen LogP contribution in [0.4, 0.5) is 0 Å². The van der Waals surface area contributed by atoms with E-state index in [1.807, 2.05) is 30.3 Å². The molecule has 4 heteroatoms. The Hall–Kier alpha value is -2.10. The highest BCUT2D eigenvalue weighted by molar-refractivity contribution is 5.91. The Morgan fingerprint density at radius 2 is 1.95 bits per heavy atom. The van der Waals surface area contributed by atoms with Gasteiger partial charge in [0, 0.05) is 6.42 Å². The summed E-state index contributed by atoms with van der Waals surface area (Å²) in [4.78, 5) is 23.8. The molecule has 1 saturated carbocycles. The molecule has 0 heterocycles. The summed E-state index contributed by atoms with van der Waals surface area (Å²) in [5, 5.41) is 2.66. The zero-order chi connectivity index (χ0) is 15.1. The summed E-state index contributed by atoms with van der Waals surface area (Å²) in [7, 11) is 0. The molecule has 1 N–H and O–H groups in total. The van der Waals surface area contributed by atoms with Crippen molar-refractivity contribution in [2.24, 2.45) is 0 Å². The topological polar surface area (TPSA) is 55.4 Å². The summed E-state index contributed by atoms with van der Waals surface area (Å²) < 4.78 is 5.50. The maximum atomic E-state index is 12.3. The van der Waals surface area contributed by atoms with Gasteiger partial charge in [0.05, 0.1) is 0 Å². The third-order valence-corrected chi connectivity index (χ3v) is 3.65. The summed E-state index contributed by atoms with van der Waals surface area (Å²) in [5.41, 5.74) is 0.982. The van der Waals surface area contributed by atoms with Crippen LogP contribution < -0.4 is 5.32 Å². The first kappa shape index (κ1) is 15.3. The molecule has 1 aromatic carbocycles. The van der Waals surface area contributed by atoms with Crippen LogP contribution in [0.15, 0.2) is 43.0 Å². The fourth-order valence-corrected chi connectivity index (χ4v) is 2.53. The monoisotopic (exact) mass is 287 g/mol. The number of carbonyl (C=O) groups excluding carboxylic acids is 2. The van der Waals surface area contributed by atoms with E-state index >= 15 is 0 Å². The van der Waals surface area contributed by atoms with Gasteiger partial charge in [-0.1, -0.05) is 36.9 Å². The average molecular weight is 287 g/mol. The second-order valence-electron chi connectivity index (χ2n) is 5.30. The second-order valence-corrected chi connectivity index (χ2v) is 5.30. The van der Waals surface area contributed by atoms with Crippen LogP contribution in [0.25, 0.3) is 0 Å². The summed E-state index contributed by atoms with van der Waals surface area (Å²) in [6, 6.07) is 8.91. The standard InChI is InChI=1S/C17H21NO3/c1-2-16(19)18-15(12-13-8-4-3-5-9-13)17(20)21-14-10-6-7-11-14/h2-5,8-9,14-15H,1,6-7,10-12H2,(H,18,19)/t15-/m0/s1. The summed E-state index contributed by atoms with van der Waals surface area (Å²) in [5.74, 6) is -0.722. The molecule has 0 aromatic heterocycles. The average Bonchev–Trinajstić information content (AvgIpc) is 3.00. The lowest BCUT2D eigenvalue weighted by Crippen LogP contribution is -2.43. The minimum atomic E-state index is -0.668. The smallest absolute Gasteiger partial charge is 0.329 e. The molecule has 0 unspecified atom stereocenters. The highest BCUT2D eigenvalue weighted by Gasteiger charge is 2.26. The van der Waals surface area contributed by atoms with Crippen molar-refractivity contribution >= 4 is 11.9 Å². The quantitative estimate of drug-likeness (QED) is 0.645. The first-order valence-electron chi connectivity index (χ1n) is 7.36. The molecular formula is C17H21NO3. The van der Waals surface area contributed by atoms with Crippen molar-refractivity contribution < 1.29 is 14.3 Å². The van der Waals surface area contributed by atoms with Crippen LogP contribution in [0.1, 0.15) is 31.2 Å². The maximum absolute atomic E-state index is 12.3. The number of ether oxygens (including phenoxy) is 1. The summed E-state index contributed by atoms with van der Waals surface area (Å²) in [6.07, 6.45) is 5.61. The molecule has 1 aromatic rings. The molecule has 0 saturated heterocycles. The van der Waals surface area contributed by atoms with Gasteiger partial charge >= 0.3 is 5.97 Å². The molecule has 0 aliphatic heterocycles. The Bertz CT molecular complexity index is 492. The van der Waals surface area contributed by atoms with Crippen molar-refractivity contribution in [2.45, 2.75) is 44.2 Å². The predicted molar refractivity (Wildman–Crippen MR) is 80.6 cm³/mol. The van der Waals surface area contributed by atoms with Crippen molar-refractivity contribution in [3.05, 3.63) is 48.6 Å². The van der Waals surface area contributed by atoms with E-state index in [2.05, 4.69) is 11.9 Å². The van der Waals surface area contributed by atoms with E-state index in [-0.39, 0.29) is 18.0 Å². The summed E-state index contributed by atoms with van der Waals surface area (Å²) in [6.45, 7) is 3.42. The van der Waals surface area contributed by atoms with Gasteiger partial charge in [0.2, 0.25) is 5.91 Å². The van der Waals surface area contributed by atoms with E-state index in [1.54, 1.807) is 0 Å². The van der Waals surface area contributed by atoms with Gasteiger partial charge in [-0.3, -0.25) is 4.79 Å². The maximum Gasteiger partial charge on any atom is 0.329 e. The normalized spacial score (nSPS) is 16.2. The van der Waals surface area contributed by atoms with Gasteiger partial charge in [-0.15, -0.1) is 0 Å². The van der Waals surface area contributed by atoms with Crippen molar-refractivity contribution in [3.8, 4) is 0 Å². The van der Waals surface area contributed by atoms with E-state index in [0.29, 0.717) is 6.42 Å². The van der Waals surface area contributed by atoms with Crippen molar-refractivity contribution in [1.29, 1.82) is 0 Å². The van der Waals surface area contributed by atoms with Gasteiger partial charge in [0.25, 0.3) is 0 Å². The fourth-order valence-electron chi connectivity index (χ4n) is 2.53. The number of carbonyl (C=O) groups is 2. The predicted octanol–water partition coefficient (Wildman–Crippen LogP) is 2.39. The SMILES string of the molecule is C=CC(=O)N[C@@H](Cc1ccccc1)C(=O)OC1CCCC1. The number of hydrogen-bond donors (Lipinski definition) is 1. The van der Waals surface area contributed by atoms with Crippen LogP contribution >= 0.6 is 0 Å². The third kappa shape index (κ3) is 4.74. The van der Waals surface area contributed by atoms with Gasteiger partial charge < -0.3 is 10.1 Å². The molecule has 1 atom stereocenters. The first-order valence-corrected chi connectivity index (χ1v) is 7.36. The molecule has 21 heavy (non-hydrogen) atoms. The number of amides is 1. The van der Waals surface area contributed by atoms with Crippen LogP contribution in [-0.2, 0) is 20.7 Å². The van der Waals surface area contributed by atoms with Crippen LogP contribution in [0.3, 0.4) is 0 Å². The molecule has 1 amide bonds. The Morgan fingerprint density at radius 3 is 2.57 bits per heavy atom. The molecule has 0 bridgehead atoms. The number of nitrogens with one attached hydrogen (secondary N) is 1. The highest BCUT2D eigenvalue weighted by atomic mass is 16.5. The lowest BCUT2D eigenvalue weighted by Gasteiger charge is -2.19.